The molecule has 0 heterocycles. The summed E-state index contributed by atoms with van der Waals surface area (Å²) in [7, 11) is 0. The quantitative estimate of drug-likeness (QED) is 0.683. The molecule has 0 aliphatic carbocycles. The first-order valence-corrected chi connectivity index (χ1v) is 5.90. The van der Waals surface area contributed by atoms with E-state index in [0.29, 0.717) is 17.8 Å². The van der Waals surface area contributed by atoms with E-state index in [1.165, 1.54) is 12.1 Å². The first-order chi connectivity index (χ1) is 9.47. The topological polar surface area (TPSA) is 55.2 Å². The Bertz CT molecular complexity index is 660. The highest BCUT2D eigenvalue weighted by molar-refractivity contribution is 5.50. The monoisotopic (exact) mass is 278 g/mol. The molecule has 0 saturated carbocycles. The van der Waals surface area contributed by atoms with Crippen LogP contribution in [0.15, 0.2) is 36.4 Å². The predicted octanol–water partition coefficient (Wildman–Crippen LogP) is 3.79. The van der Waals surface area contributed by atoms with E-state index < -0.39 is 16.4 Å². The van der Waals surface area contributed by atoms with Crippen LogP contribution >= 0.6 is 0 Å². The summed E-state index contributed by atoms with van der Waals surface area (Å²) < 4.78 is 26.5. The van der Waals surface area contributed by atoms with Gasteiger partial charge >= 0.3 is 5.69 Å². The summed E-state index contributed by atoms with van der Waals surface area (Å²) in [5.41, 5.74) is 1.23. The Labute approximate surface area is 114 Å². The number of aryl methyl sites for hydroxylation is 1. The van der Waals surface area contributed by atoms with Crippen molar-refractivity contribution < 1.29 is 13.7 Å². The number of hydrogen-bond donors (Lipinski definition) is 1. The molecular formula is C14H12F2N2O2. The molecule has 2 aromatic rings. The number of nitrogens with one attached hydrogen (secondary N) is 1. The van der Waals surface area contributed by atoms with Crippen LogP contribution < -0.4 is 5.32 Å². The first-order valence-electron chi connectivity index (χ1n) is 5.90. The molecule has 0 saturated heterocycles. The van der Waals surface area contributed by atoms with Crippen molar-refractivity contribution in [3.8, 4) is 0 Å². The maximum absolute atomic E-state index is 13.4. The van der Waals surface area contributed by atoms with Crippen molar-refractivity contribution in [1.82, 2.24) is 0 Å². The molecule has 4 nitrogen and oxygen atoms in total. The zero-order valence-corrected chi connectivity index (χ0v) is 10.7. The Kier molecular flexibility index (Phi) is 3.93. The smallest absolute Gasteiger partial charge is 0.304 e. The van der Waals surface area contributed by atoms with Crippen molar-refractivity contribution in [3.63, 3.8) is 0 Å². The Morgan fingerprint density at radius 3 is 2.50 bits per heavy atom. The fraction of sp³-hybridized carbons (Fsp3) is 0.143. The van der Waals surface area contributed by atoms with Crippen LogP contribution in [0.4, 0.5) is 20.2 Å². The van der Waals surface area contributed by atoms with Crippen molar-refractivity contribution in [2.75, 3.05) is 5.32 Å². The maximum Gasteiger partial charge on any atom is 0.304 e. The normalized spacial score (nSPS) is 10.3. The van der Waals surface area contributed by atoms with E-state index in [1.807, 2.05) is 0 Å². The summed E-state index contributed by atoms with van der Waals surface area (Å²) in [6.07, 6.45) is 0. The largest absolute Gasteiger partial charge is 0.381 e. The van der Waals surface area contributed by atoms with Crippen LogP contribution in [-0.2, 0) is 6.54 Å². The summed E-state index contributed by atoms with van der Waals surface area (Å²) >= 11 is 0. The molecule has 6 heteroatoms. The van der Waals surface area contributed by atoms with Crippen LogP contribution in [0.25, 0.3) is 0 Å². The van der Waals surface area contributed by atoms with Crippen molar-refractivity contribution in [1.29, 1.82) is 0 Å². The molecule has 0 fully saturated rings. The Hall–Kier alpha value is -2.50. The lowest BCUT2D eigenvalue weighted by molar-refractivity contribution is -0.387. The molecule has 0 aliphatic heterocycles. The lowest BCUT2D eigenvalue weighted by atomic mass is 10.1. The van der Waals surface area contributed by atoms with Gasteiger partial charge < -0.3 is 5.32 Å². The summed E-state index contributed by atoms with van der Waals surface area (Å²) in [5.74, 6) is -1.18. The molecule has 2 aromatic carbocycles. The fourth-order valence-electron chi connectivity index (χ4n) is 1.79. The Balaban J connectivity index is 2.09. The van der Waals surface area contributed by atoms with Gasteiger partial charge in [0.1, 0.15) is 5.82 Å². The van der Waals surface area contributed by atoms with Crippen molar-refractivity contribution in [2.45, 2.75) is 13.5 Å². The van der Waals surface area contributed by atoms with Crippen LogP contribution in [0.1, 0.15) is 11.1 Å². The van der Waals surface area contributed by atoms with Gasteiger partial charge in [0, 0.05) is 24.4 Å². The third-order valence-electron chi connectivity index (χ3n) is 2.86. The third-order valence-corrected chi connectivity index (χ3v) is 2.86. The minimum atomic E-state index is -0.893. The SMILES string of the molecule is Cc1cc(CNc2ccc([N+](=O)[O-])c(F)c2)ccc1F. The van der Waals surface area contributed by atoms with E-state index in [0.717, 1.165) is 17.7 Å². The molecule has 0 aliphatic rings. The van der Waals surface area contributed by atoms with Crippen molar-refractivity contribution in [2.24, 2.45) is 0 Å². The molecule has 0 bridgehead atoms. The van der Waals surface area contributed by atoms with Gasteiger partial charge in [-0.15, -0.1) is 0 Å². The highest BCUT2D eigenvalue weighted by atomic mass is 19.1. The number of halogens is 2. The van der Waals surface area contributed by atoms with Gasteiger partial charge in [-0.1, -0.05) is 12.1 Å². The molecule has 0 radical (unpaired) electrons. The minimum Gasteiger partial charge on any atom is -0.381 e. The van der Waals surface area contributed by atoms with Crippen molar-refractivity contribution in [3.05, 3.63) is 69.3 Å². The van der Waals surface area contributed by atoms with Crippen LogP contribution in [0.5, 0.6) is 0 Å². The van der Waals surface area contributed by atoms with Crippen LogP contribution in [-0.4, -0.2) is 4.92 Å². The zero-order chi connectivity index (χ0) is 14.7. The van der Waals surface area contributed by atoms with E-state index in [4.69, 9.17) is 0 Å². The van der Waals surface area contributed by atoms with Gasteiger partial charge in [-0.3, -0.25) is 10.1 Å². The lowest BCUT2D eigenvalue weighted by Crippen LogP contribution is -2.01. The highest BCUT2D eigenvalue weighted by Gasteiger charge is 2.13. The van der Waals surface area contributed by atoms with Gasteiger partial charge in [-0.05, 0) is 30.2 Å². The molecule has 0 amide bonds. The molecule has 104 valence electrons. The highest BCUT2D eigenvalue weighted by Crippen LogP contribution is 2.21. The Morgan fingerprint density at radius 1 is 1.15 bits per heavy atom. The number of nitrogens with zero attached hydrogens (tertiary/aromatic N) is 1. The Morgan fingerprint density at radius 2 is 1.90 bits per heavy atom. The summed E-state index contributed by atoms with van der Waals surface area (Å²) in [6, 6.07) is 8.27. The molecule has 20 heavy (non-hydrogen) atoms. The third kappa shape index (κ3) is 3.09. The number of anilines is 1. The molecule has 1 N–H and O–H groups in total. The molecular weight excluding hydrogens is 266 g/mol. The van der Waals surface area contributed by atoms with Gasteiger partial charge in [-0.2, -0.15) is 4.39 Å². The molecule has 0 spiro atoms. The van der Waals surface area contributed by atoms with Gasteiger partial charge in [0.25, 0.3) is 0 Å². The minimum absolute atomic E-state index is 0.282. The first kappa shape index (κ1) is 13.9. The molecule has 0 aromatic heterocycles. The number of benzene rings is 2. The summed E-state index contributed by atoms with van der Waals surface area (Å²) in [6.45, 7) is 2.03. The second kappa shape index (κ2) is 5.64. The van der Waals surface area contributed by atoms with Gasteiger partial charge in [0.05, 0.1) is 4.92 Å². The molecule has 0 atom stereocenters. The summed E-state index contributed by atoms with van der Waals surface area (Å²) in [5, 5.41) is 13.4. The lowest BCUT2D eigenvalue weighted by Gasteiger charge is -2.08. The molecule has 2 rings (SSSR count). The van der Waals surface area contributed by atoms with E-state index in [9.17, 15) is 18.9 Å². The maximum atomic E-state index is 13.4. The van der Waals surface area contributed by atoms with Crippen molar-refractivity contribution >= 4 is 11.4 Å². The van der Waals surface area contributed by atoms with Crippen LogP contribution in [0, 0.1) is 28.7 Å². The number of rotatable bonds is 4. The van der Waals surface area contributed by atoms with E-state index in [2.05, 4.69) is 5.32 Å². The number of nitro groups is 1. The van der Waals surface area contributed by atoms with Gasteiger partial charge in [0.2, 0.25) is 5.82 Å². The number of nitro benzene ring substituents is 1. The van der Waals surface area contributed by atoms with Gasteiger partial charge in [-0.25, -0.2) is 4.39 Å². The average molecular weight is 278 g/mol. The predicted molar refractivity (Wildman–Crippen MR) is 71.5 cm³/mol. The van der Waals surface area contributed by atoms with Crippen LogP contribution in [0.3, 0.4) is 0 Å². The van der Waals surface area contributed by atoms with Crippen LogP contribution in [0.2, 0.25) is 0 Å². The summed E-state index contributed by atoms with van der Waals surface area (Å²) in [4.78, 5) is 9.72. The second-order valence-corrected chi connectivity index (χ2v) is 4.36. The molecule has 0 unspecified atom stereocenters. The van der Waals surface area contributed by atoms with Gasteiger partial charge in [0.15, 0.2) is 0 Å². The number of hydrogen-bond acceptors (Lipinski definition) is 3. The van der Waals surface area contributed by atoms with E-state index in [-0.39, 0.29) is 5.82 Å². The zero-order valence-electron chi connectivity index (χ0n) is 10.7. The van der Waals surface area contributed by atoms with E-state index in [1.54, 1.807) is 19.1 Å². The van der Waals surface area contributed by atoms with E-state index >= 15 is 0 Å². The average Bonchev–Trinajstić information content (AvgIpc) is 2.40. The standard InChI is InChI=1S/C14H12F2N2O2/c1-9-6-10(2-4-12(9)15)8-17-11-3-5-14(18(19)20)13(16)7-11/h2-7,17H,8H2,1H3. The second-order valence-electron chi connectivity index (χ2n) is 4.36. The fourth-order valence-corrected chi connectivity index (χ4v) is 1.79.